The predicted molar refractivity (Wildman–Crippen MR) is 150 cm³/mol. The fourth-order valence-electron chi connectivity index (χ4n) is 4.98. The minimum Gasteiger partial charge on any atom is -0.497 e. The van der Waals surface area contributed by atoms with Crippen molar-refractivity contribution in [3.63, 3.8) is 0 Å². The summed E-state index contributed by atoms with van der Waals surface area (Å²) in [7, 11) is 1.63. The number of fused-ring (bicyclic) bond motifs is 3. The standard InChI is InChI=1S/C31H30ClN3O3/c1-3-4-19-33(31(37)23-11-15-24(32)16-12-23)21-29(36)35-27-9-6-5-8-26(27)34-20-7-10-28(34)30(35)22-13-17-25(38-2)18-14-22/h5-18,20,30H,3-4,19,21H2,1-2H3. The number of methoxy groups -OCH3 is 1. The van der Waals surface area contributed by atoms with Gasteiger partial charge in [0.1, 0.15) is 18.3 Å². The molecule has 1 atom stereocenters. The Morgan fingerprint density at radius 3 is 2.32 bits per heavy atom. The number of anilines is 1. The largest absolute Gasteiger partial charge is 0.497 e. The van der Waals surface area contributed by atoms with E-state index in [-0.39, 0.29) is 24.4 Å². The summed E-state index contributed by atoms with van der Waals surface area (Å²) < 4.78 is 7.50. The molecule has 0 radical (unpaired) electrons. The third-order valence-corrected chi connectivity index (χ3v) is 7.16. The van der Waals surface area contributed by atoms with Crippen LogP contribution >= 0.6 is 11.6 Å². The molecule has 5 rings (SSSR count). The first-order valence-electron chi connectivity index (χ1n) is 12.8. The number of rotatable bonds is 8. The Bertz CT molecular complexity index is 1430. The topological polar surface area (TPSA) is 54.8 Å². The van der Waals surface area contributed by atoms with Crippen LogP contribution in [0.15, 0.2) is 91.1 Å². The van der Waals surface area contributed by atoms with Crippen LogP contribution in [0.1, 0.15) is 47.4 Å². The molecule has 194 valence electrons. The van der Waals surface area contributed by atoms with Gasteiger partial charge in [-0.05, 0) is 72.6 Å². The zero-order valence-corrected chi connectivity index (χ0v) is 22.3. The Balaban J connectivity index is 1.54. The number of aromatic nitrogens is 1. The molecule has 1 aromatic heterocycles. The van der Waals surface area contributed by atoms with E-state index in [9.17, 15) is 9.59 Å². The van der Waals surface area contributed by atoms with E-state index >= 15 is 0 Å². The maximum absolute atomic E-state index is 14.2. The number of halogens is 1. The lowest BCUT2D eigenvalue weighted by Crippen LogP contribution is -2.47. The number of benzene rings is 3. The van der Waals surface area contributed by atoms with Crippen molar-refractivity contribution >= 4 is 29.1 Å². The van der Waals surface area contributed by atoms with Gasteiger partial charge >= 0.3 is 0 Å². The lowest BCUT2D eigenvalue weighted by atomic mass is 9.97. The van der Waals surface area contributed by atoms with Crippen molar-refractivity contribution in [2.45, 2.75) is 25.8 Å². The maximum atomic E-state index is 14.2. The number of hydrogen-bond donors (Lipinski definition) is 0. The molecular formula is C31H30ClN3O3. The van der Waals surface area contributed by atoms with Gasteiger partial charge in [-0.25, -0.2) is 0 Å². The van der Waals surface area contributed by atoms with Crippen LogP contribution in [-0.4, -0.2) is 41.5 Å². The molecule has 0 spiro atoms. The van der Waals surface area contributed by atoms with Gasteiger partial charge in [-0.2, -0.15) is 0 Å². The Morgan fingerprint density at radius 1 is 0.921 bits per heavy atom. The highest BCUT2D eigenvalue weighted by molar-refractivity contribution is 6.30. The molecule has 6 nitrogen and oxygen atoms in total. The van der Waals surface area contributed by atoms with Gasteiger partial charge in [0.15, 0.2) is 0 Å². The molecule has 3 aromatic carbocycles. The van der Waals surface area contributed by atoms with Gasteiger partial charge in [0, 0.05) is 23.3 Å². The molecule has 2 heterocycles. The molecule has 2 amide bonds. The number of carbonyl (C=O) groups excluding carboxylic acids is 2. The zero-order valence-electron chi connectivity index (χ0n) is 21.5. The summed E-state index contributed by atoms with van der Waals surface area (Å²) >= 11 is 6.04. The second-order valence-corrected chi connectivity index (χ2v) is 9.75. The first-order chi connectivity index (χ1) is 18.5. The maximum Gasteiger partial charge on any atom is 0.254 e. The van der Waals surface area contributed by atoms with Crippen LogP contribution in [0.25, 0.3) is 5.69 Å². The summed E-state index contributed by atoms with van der Waals surface area (Å²) in [6, 6.07) is 26.1. The summed E-state index contributed by atoms with van der Waals surface area (Å²) in [6.45, 7) is 2.52. The molecule has 1 aliphatic rings. The van der Waals surface area contributed by atoms with Gasteiger partial charge < -0.3 is 14.2 Å². The van der Waals surface area contributed by atoms with Gasteiger partial charge in [0.25, 0.3) is 5.91 Å². The van der Waals surface area contributed by atoms with Crippen LogP contribution in [0.3, 0.4) is 0 Å². The third-order valence-electron chi connectivity index (χ3n) is 6.91. The molecule has 4 aromatic rings. The molecule has 1 unspecified atom stereocenters. The molecule has 0 saturated heterocycles. The van der Waals surface area contributed by atoms with E-state index in [1.54, 1.807) is 36.3 Å². The number of carbonyl (C=O) groups is 2. The predicted octanol–water partition coefficient (Wildman–Crippen LogP) is 6.52. The Morgan fingerprint density at radius 2 is 1.63 bits per heavy atom. The minimum absolute atomic E-state index is 0.0385. The van der Waals surface area contributed by atoms with Crippen molar-refractivity contribution in [3.8, 4) is 11.4 Å². The zero-order chi connectivity index (χ0) is 26.6. The molecule has 0 bridgehead atoms. The van der Waals surface area contributed by atoms with Gasteiger partial charge in [-0.3, -0.25) is 14.5 Å². The fraction of sp³-hybridized carbons (Fsp3) is 0.226. The number of unbranched alkanes of at least 4 members (excludes halogenated alkanes) is 1. The minimum atomic E-state index is -0.364. The Hall–Kier alpha value is -4.03. The van der Waals surface area contributed by atoms with Gasteiger partial charge in [0.05, 0.1) is 24.2 Å². The van der Waals surface area contributed by atoms with Crippen molar-refractivity contribution in [1.29, 1.82) is 0 Å². The van der Waals surface area contributed by atoms with Crippen LogP contribution < -0.4 is 9.64 Å². The molecule has 0 N–H and O–H groups in total. The highest BCUT2D eigenvalue weighted by atomic mass is 35.5. The van der Waals surface area contributed by atoms with Crippen molar-refractivity contribution in [1.82, 2.24) is 9.47 Å². The summed E-state index contributed by atoms with van der Waals surface area (Å²) in [5.74, 6) is 0.416. The molecule has 1 aliphatic heterocycles. The molecule has 38 heavy (non-hydrogen) atoms. The van der Waals surface area contributed by atoms with Gasteiger partial charge in [-0.1, -0.05) is 49.2 Å². The molecule has 7 heteroatoms. The Labute approximate surface area is 228 Å². The van der Waals surface area contributed by atoms with Crippen LogP contribution in [0.4, 0.5) is 5.69 Å². The van der Waals surface area contributed by atoms with Crippen molar-refractivity contribution < 1.29 is 14.3 Å². The number of amides is 2. The van der Waals surface area contributed by atoms with E-state index < -0.39 is 0 Å². The van der Waals surface area contributed by atoms with E-state index in [4.69, 9.17) is 16.3 Å². The summed E-state index contributed by atoms with van der Waals surface area (Å²) in [6.07, 6.45) is 3.73. The normalized spacial score (nSPS) is 14.0. The lowest BCUT2D eigenvalue weighted by molar-refractivity contribution is -0.119. The van der Waals surface area contributed by atoms with Crippen LogP contribution in [0.2, 0.25) is 5.02 Å². The lowest BCUT2D eigenvalue weighted by Gasteiger charge is -2.39. The van der Waals surface area contributed by atoms with Crippen LogP contribution in [0.5, 0.6) is 5.75 Å². The van der Waals surface area contributed by atoms with E-state index in [2.05, 4.69) is 11.5 Å². The Kier molecular flexibility index (Phi) is 7.52. The molecule has 0 fully saturated rings. The average Bonchev–Trinajstić information content (AvgIpc) is 3.44. The average molecular weight is 528 g/mol. The number of nitrogens with zero attached hydrogens (tertiary/aromatic N) is 3. The summed E-state index contributed by atoms with van der Waals surface area (Å²) in [5.41, 5.74) is 4.17. The highest BCUT2D eigenvalue weighted by Crippen LogP contribution is 2.42. The third kappa shape index (κ3) is 4.92. The second kappa shape index (κ2) is 11.2. The first kappa shape index (κ1) is 25.6. The van der Waals surface area contributed by atoms with E-state index in [1.807, 2.05) is 71.8 Å². The first-order valence-corrected chi connectivity index (χ1v) is 13.2. The molecule has 0 aliphatic carbocycles. The van der Waals surface area contributed by atoms with Crippen molar-refractivity contribution in [2.24, 2.45) is 0 Å². The van der Waals surface area contributed by atoms with E-state index in [1.165, 1.54) is 0 Å². The van der Waals surface area contributed by atoms with Crippen LogP contribution in [-0.2, 0) is 4.79 Å². The quantitative estimate of drug-likeness (QED) is 0.262. The van der Waals surface area contributed by atoms with Gasteiger partial charge in [0.2, 0.25) is 5.91 Å². The van der Waals surface area contributed by atoms with Crippen molar-refractivity contribution in [3.05, 3.63) is 113 Å². The van der Waals surface area contributed by atoms with Crippen LogP contribution in [0, 0.1) is 0 Å². The monoisotopic (exact) mass is 527 g/mol. The number of hydrogen-bond acceptors (Lipinski definition) is 3. The number of ether oxygens (including phenoxy) is 1. The van der Waals surface area contributed by atoms with E-state index in [0.717, 1.165) is 41.2 Å². The summed E-state index contributed by atoms with van der Waals surface area (Å²) in [5, 5.41) is 0.563. The second-order valence-electron chi connectivity index (χ2n) is 9.32. The molecule has 0 saturated carbocycles. The fourth-order valence-corrected chi connectivity index (χ4v) is 5.11. The smallest absolute Gasteiger partial charge is 0.254 e. The summed E-state index contributed by atoms with van der Waals surface area (Å²) in [4.78, 5) is 31.2. The highest BCUT2D eigenvalue weighted by Gasteiger charge is 2.37. The SMILES string of the molecule is CCCCN(CC(=O)N1c2ccccc2-n2cccc2C1c1ccc(OC)cc1)C(=O)c1ccc(Cl)cc1. The molecular weight excluding hydrogens is 498 g/mol. The number of para-hydroxylation sites is 2. The van der Waals surface area contributed by atoms with Gasteiger partial charge in [-0.15, -0.1) is 0 Å². The van der Waals surface area contributed by atoms with E-state index in [0.29, 0.717) is 17.1 Å². The van der Waals surface area contributed by atoms with Crippen molar-refractivity contribution in [2.75, 3.05) is 25.1 Å².